The number of thiazole rings is 1. The van der Waals surface area contributed by atoms with Crippen molar-refractivity contribution in [1.29, 1.82) is 0 Å². The predicted octanol–water partition coefficient (Wildman–Crippen LogP) is 4.12. The number of carbonyl (C=O) groups is 1. The van der Waals surface area contributed by atoms with Crippen LogP contribution in [0.2, 0.25) is 0 Å². The molecular formula is C17H12FN3O4S. The van der Waals surface area contributed by atoms with Gasteiger partial charge in [0.05, 0.1) is 22.4 Å². The lowest BCUT2D eigenvalue weighted by atomic mass is 10.2. The fourth-order valence-electron chi connectivity index (χ4n) is 2.24. The maximum Gasteiger partial charge on any atom is 0.273 e. The fraction of sp³-hybridized carbons (Fsp3) is 0.0588. The SMILES string of the molecule is Cc1nc(-c2ccc(F)cc2)sc1C(=O)Nc1ccc([N+](=O)[O-])cc1O. The Morgan fingerprint density at radius 2 is 1.96 bits per heavy atom. The normalized spacial score (nSPS) is 10.5. The lowest BCUT2D eigenvalue weighted by Crippen LogP contribution is -2.11. The zero-order valence-electron chi connectivity index (χ0n) is 13.4. The van der Waals surface area contributed by atoms with Gasteiger partial charge in [-0.25, -0.2) is 9.37 Å². The largest absolute Gasteiger partial charge is 0.506 e. The fourth-order valence-corrected chi connectivity index (χ4v) is 3.21. The molecule has 2 aromatic carbocycles. The molecule has 1 heterocycles. The second kappa shape index (κ2) is 6.89. The number of non-ortho nitro benzene ring substituents is 1. The summed E-state index contributed by atoms with van der Waals surface area (Å²) in [4.78, 5) is 27.1. The maximum atomic E-state index is 13.0. The zero-order valence-corrected chi connectivity index (χ0v) is 14.2. The van der Waals surface area contributed by atoms with E-state index in [-0.39, 0.29) is 17.2 Å². The molecule has 0 bridgehead atoms. The van der Waals surface area contributed by atoms with E-state index in [1.165, 1.54) is 24.3 Å². The first kappa shape index (κ1) is 17.5. The lowest BCUT2D eigenvalue weighted by molar-refractivity contribution is -0.384. The molecule has 0 saturated carbocycles. The van der Waals surface area contributed by atoms with Crippen molar-refractivity contribution in [3.63, 3.8) is 0 Å². The number of aromatic hydroxyl groups is 1. The van der Waals surface area contributed by atoms with Crippen LogP contribution >= 0.6 is 11.3 Å². The maximum absolute atomic E-state index is 13.0. The van der Waals surface area contributed by atoms with Gasteiger partial charge in [0.15, 0.2) is 0 Å². The highest BCUT2D eigenvalue weighted by atomic mass is 32.1. The quantitative estimate of drug-likeness (QED) is 0.406. The summed E-state index contributed by atoms with van der Waals surface area (Å²) in [6.45, 7) is 1.66. The van der Waals surface area contributed by atoms with Gasteiger partial charge in [0.25, 0.3) is 11.6 Å². The van der Waals surface area contributed by atoms with Crippen molar-refractivity contribution in [2.45, 2.75) is 6.92 Å². The number of hydrogen-bond acceptors (Lipinski definition) is 6. The van der Waals surface area contributed by atoms with Gasteiger partial charge in [-0.2, -0.15) is 0 Å². The summed E-state index contributed by atoms with van der Waals surface area (Å²) in [5.74, 6) is -1.28. The molecule has 0 aliphatic carbocycles. The number of aromatic nitrogens is 1. The monoisotopic (exact) mass is 373 g/mol. The number of halogens is 1. The highest BCUT2D eigenvalue weighted by Crippen LogP contribution is 2.31. The number of nitro benzene ring substituents is 1. The van der Waals surface area contributed by atoms with Crippen LogP contribution in [0.3, 0.4) is 0 Å². The first-order valence-electron chi connectivity index (χ1n) is 7.37. The topological polar surface area (TPSA) is 105 Å². The van der Waals surface area contributed by atoms with E-state index in [1.807, 2.05) is 0 Å². The molecule has 9 heteroatoms. The van der Waals surface area contributed by atoms with Crippen LogP contribution in [0.15, 0.2) is 42.5 Å². The summed E-state index contributed by atoms with van der Waals surface area (Å²) in [6, 6.07) is 9.14. The second-order valence-electron chi connectivity index (χ2n) is 5.35. The number of phenolic OH excluding ortho intramolecular Hbond substituents is 1. The molecule has 26 heavy (non-hydrogen) atoms. The number of rotatable bonds is 4. The number of nitrogens with zero attached hydrogens (tertiary/aromatic N) is 2. The van der Waals surface area contributed by atoms with E-state index < -0.39 is 16.6 Å². The van der Waals surface area contributed by atoms with Crippen LogP contribution in [-0.4, -0.2) is 20.9 Å². The molecule has 7 nitrogen and oxygen atoms in total. The Kier molecular flexibility index (Phi) is 4.63. The summed E-state index contributed by atoms with van der Waals surface area (Å²) >= 11 is 1.12. The van der Waals surface area contributed by atoms with Crippen molar-refractivity contribution in [3.8, 4) is 16.3 Å². The smallest absolute Gasteiger partial charge is 0.273 e. The minimum atomic E-state index is -0.645. The van der Waals surface area contributed by atoms with Crippen molar-refractivity contribution >= 4 is 28.6 Å². The molecule has 0 spiro atoms. The van der Waals surface area contributed by atoms with Crippen LogP contribution < -0.4 is 5.32 Å². The molecule has 1 aromatic heterocycles. The molecule has 0 aliphatic heterocycles. The van der Waals surface area contributed by atoms with Gasteiger partial charge in [0.2, 0.25) is 0 Å². The van der Waals surface area contributed by atoms with Crippen LogP contribution in [0, 0.1) is 22.9 Å². The molecule has 1 amide bonds. The standard InChI is InChI=1S/C17H12FN3O4S/c1-9-15(26-17(19-9)10-2-4-11(18)5-3-10)16(23)20-13-7-6-12(21(24)25)8-14(13)22/h2-8,22H,1H3,(H,20,23). The number of benzene rings is 2. The summed E-state index contributed by atoms with van der Waals surface area (Å²) in [6.07, 6.45) is 0. The Morgan fingerprint density at radius 3 is 2.58 bits per heavy atom. The van der Waals surface area contributed by atoms with E-state index in [4.69, 9.17) is 0 Å². The van der Waals surface area contributed by atoms with Gasteiger partial charge in [-0.05, 0) is 37.3 Å². The number of hydrogen-bond donors (Lipinski definition) is 2. The molecule has 0 unspecified atom stereocenters. The van der Waals surface area contributed by atoms with Crippen LogP contribution in [0.5, 0.6) is 5.75 Å². The van der Waals surface area contributed by atoms with Gasteiger partial charge in [-0.15, -0.1) is 11.3 Å². The van der Waals surface area contributed by atoms with Crippen molar-refractivity contribution in [3.05, 3.63) is 69.0 Å². The first-order valence-corrected chi connectivity index (χ1v) is 8.19. The molecule has 0 saturated heterocycles. The summed E-state index contributed by atoms with van der Waals surface area (Å²) in [5, 5.41) is 23.6. The van der Waals surface area contributed by atoms with E-state index in [2.05, 4.69) is 10.3 Å². The van der Waals surface area contributed by atoms with Gasteiger partial charge in [-0.3, -0.25) is 14.9 Å². The molecule has 3 aromatic rings. The van der Waals surface area contributed by atoms with E-state index in [1.54, 1.807) is 19.1 Å². The molecule has 0 radical (unpaired) electrons. The minimum absolute atomic E-state index is 0.0525. The van der Waals surface area contributed by atoms with Gasteiger partial charge in [0, 0.05) is 11.6 Å². The lowest BCUT2D eigenvalue weighted by Gasteiger charge is -2.06. The Balaban J connectivity index is 1.84. The first-order chi connectivity index (χ1) is 12.3. The number of aryl methyl sites for hydroxylation is 1. The van der Waals surface area contributed by atoms with Crippen LogP contribution in [0.1, 0.15) is 15.4 Å². The minimum Gasteiger partial charge on any atom is -0.506 e. The summed E-state index contributed by atoms with van der Waals surface area (Å²) < 4.78 is 13.0. The van der Waals surface area contributed by atoms with Crippen LogP contribution in [0.25, 0.3) is 10.6 Å². The number of nitrogens with one attached hydrogen (secondary N) is 1. The van der Waals surface area contributed by atoms with Crippen molar-refractivity contribution in [1.82, 2.24) is 4.98 Å². The molecule has 3 rings (SSSR count). The number of amides is 1. The Morgan fingerprint density at radius 1 is 1.27 bits per heavy atom. The third-order valence-electron chi connectivity index (χ3n) is 3.53. The highest BCUT2D eigenvalue weighted by Gasteiger charge is 2.18. The van der Waals surface area contributed by atoms with Crippen molar-refractivity contribution < 1.29 is 19.2 Å². The van der Waals surface area contributed by atoms with E-state index in [0.717, 1.165) is 17.4 Å². The van der Waals surface area contributed by atoms with Crippen LogP contribution in [-0.2, 0) is 0 Å². The molecular weight excluding hydrogens is 361 g/mol. The van der Waals surface area contributed by atoms with Gasteiger partial charge >= 0.3 is 0 Å². The zero-order chi connectivity index (χ0) is 18.8. The predicted molar refractivity (Wildman–Crippen MR) is 95.0 cm³/mol. The molecule has 132 valence electrons. The number of carbonyl (C=O) groups excluding carboxylic acids is 1. The Labute approximate surface area is 150 Å². The molecule has 0 fully saturated rings. The Hall–Kier alpha value is -3.33. The average molecular weight is 373 g/mol. The molecule has 2 N–H and O–H groups in total. The van der Waals surface area contributed by atoms with Crippen LogP contribution in [0.4, 0.5) is 15.8 Å². The Bertz CT molecular complexity index is 1000. The third-order valence-corrected chi connectivity index (χ3v) is 4.74. The summed E-state index contributed by atoms with van der Waals surface area (Å²) in [5.41, 5.74) is 0.926. The van der Waals surface area contributed by atoms with Crippen molar-refractivity contribution in [2.75, 3.05) is 5.32 Å². The van der Waals surface area contributed by atoms with E-state index in [0.29, 0.717) is 21.1 Å². The number of nitro groups is 1. The third kappa shape index (κ3) is 3.52. The molecule has 0 atom stereocenters. The van der Waals surface area contributed by atoms with E-state index >= 15 is 0 Å². The van der Waals surface area contributed by atoms with Gasteiger partial charge < -0.3 is 10.4 Å². The second-order valence-corrected chi connectivity index (χ2v) is 6.35. The summed E-state index contributed by atoms with van der Waals surface area (Å²) in [7, 11) is 0. The van der Waals surface area contributed by atoms with E-state index in [9.17, 15) is 24.4 Å². The molecule has 0 aliphatic rings. The number of phenols is 1. The van der Waals surface area contributed by atoms with Gasteiger partial charge in [-0.1, -0.05) is 0 Å². The van der Waals surface area contributed by atoms with Gasteiger partial charge in [0.1, 0.15) is 21.5 Å². The highest BCUT2D eigenvalue weighted by molar-refractivity contribution is 7.17. The number of anilines is 1. The average Bonchev–Trinajstić information content (AvgIpc) is 2.99. The van der Waals surface area contributed by atoms with Crippen molar-refractivity contribution in [2.24, 2.45) is 0 Å².